The first-order valence-electron chi connectivity index (χ1n) is 29.9. The Hall–Kier alpha value is -3.89. The van der Waals surface area contributed by atoms with E-state index in [0.717, 1.165) is 27.7 Å². The van der Waals surface area contributed by atoms with E-state index in [1.165, 1.54) is 13.8 Å². The summed E-state index contributed by atoms with van der Waals surface area (Å²) in [5.74, 6) is -8.65. The molecule has 7 aliphatic rings. The molecule has 7 aliphatic heterocycles. The second-order valence-electron chi connectivity index (χ2n) is 23.9. The molecule has 0 bridgehead atoms. The van der Waals surface area contributed by atoms with E-state index in [9.17, 15) is 121 Å². The van der Waals surface area contributed by atoms with Crippen LogP contribution < -0.4 is 21.3 Å². The minimum Gasteiger partial charge on any atom is -0.477 e. The quantitative estimate of drug-likeness (QED) is 0.0427. The van der Waals surface area contributed by atoms with Gasteiger partial charge in [0.05, 0.1) is 57.4 Å². The highest BCUT2D eigenvalue weighted by Crippen LogP contribution is 2.40. The van der Waals surface area contributed by atoms with E-state index >= 15 is 0 Å². The van der Waals surface area contributed by atoms with Gasteiger partial charge in [0.15, 0.2) is 37.7 Å². The lowest BCUT2D eigenvalue weighted by molar-refractivity contribution is -0.391. The van der Waals surface area contributed by atoms with Gasteiger partial charge in [0.1, 0.15) is 152 Å². The number of carbonyl (C=O) groups excluding carboxylic acids is 4. The summed E-state index contributed by atoms with van der Waals surface area (Å²) in [6, 6.07) is -7.32. The smallest absolute Gasteiger partial charge is 0.364 e. The van der Waals surface area contributed by atoms with Gasteiger partial charge in [0, 0.05) is 34.1 Å². The number of ether oxygens (including phenoxy) is 13. The van der Waals surface area contributed by atoms with Crippen LogP contribution in [0.15, 0.2) is 0 Å². The molecule has 7 saturated heterocycles. The third-order valence-corrected chi connectivity index (χ3v) is 17.0. The number of hydrogen-bond donors (Lipinski definition) is 23. The fraction of sp³-hybridized carbons (Fsp3) is 0.906. The molecule has 0 aromatic heterocycles. The molecule has 7 heterocycles. The summed E-state index contributed by atoms with van der Waals surface area (Å²) in [4.78, 5) is 64.1. The highest BCUT2D eigenvalue weighted by molar-refractivity contribution is 5.77. The van der Waals surface area contributed by atoms with Crippen molar-refractivity contribution in [2.45, 2.75) is 268 Å². The number of hydrogen-bond acceptors (Lipinski definition) is 36. The van der Waals surface area contributed by atoms with Crippen LogP contribution in [0.1, 0.15) is 48.0 Å². The van der Waals surface area contributed by atoms with E-state index in [0.29, 0.717) is 0 Å². The molecule has 23 N–H and O–H groups in total. The minimum absolute atomic E-state index is 0.818. The van der Waals surface area contributed by atoms with Gasteiger partial charge in [-0.15, -0.1) is 0 Å². The lowest BCUT2D eigenvalue weighted by Gasteiger charge is -2.52. The molecule has 7 fully saturated rings. The van der Waals surface area contributed by atoms with Crippen molar-refractivity contribution in [2.75, 3.05) is 33.0 Å². The minimum atomic E-state index is -3.06. The van der Waals surface area contributed by atoms with E-state index in [4.69, 9.17) is 61.6 Å². The fourth-order valence-corrected chi connectivity index (χ4v) is 12.1. The SMILES string of the molecule is CC(=O)N[C@@H]1[C@@H](O[C@@H]2O[C@H](CO)[C@@H](O[C@@H]3O[C@H](CO)[C@H](O)[C@H](O[C@@H]4O[C@H](CO)[C@@H](O[C@@H]5O[C@@H](C)[C@@H](O)[C@@H](O)[C@@H]5O)[C@H](O)[C@H]4NC(C)=O)[C@H]3O)[C@H](O[C@@H]3O[C@@H](C)[C@@H](O)[C@@H](O)[C@@H]3O)[C@H]2NC(C)=O)[C@@H](O)[C@@H](CO[C@]2(C(=O)O)C[C@H](O)[C@@H](NC(C)=O)[C@H]([C@H](O)[C@H](O)CO)O2)O[C@@H]1O. The number of carboxylic acid groups (broad SMARTS) is 1. The third kappa shape index (κ3) is 17.0. The van der Waals surface area contributed by atoms with E-state index in [-0.39, 0.29) is 0 Å². The molecule has 0 aromatic rings. The van der Waals surface area contributed by atoms with Crippen molar-refractivity contribution in [3.63, 3.8) is 0 Å². The number of nitrogens with one attached hydrogen (secondary N) is 4. The van der Waals surface area contributed by atoms with Crippen LogP contribution in [-0.4, -0.2) is 380 Å². The number of rotatable bonds is 24. The van der Waals surface area contributed by atoms with Crippen molar-refractivity contribution in [3.8, 4) is 0 Å². The first-order valence-corrected chi connectivity index (χ1v) is 29.9. The third-order valence-electron chi connectivity index (χ3n) is 17.0. The van der Waals surface area contributed by atoms with Crippen molar-refractivity contribution in [1.82, 2.24) is 21.3 Å². The Morgan fingerprint density at radius 3 is 1.38 bits per heavy atom. The Morgan fingerprint density at radius 2 is 0.872 bits per heavy atom. The van der Waals surface area contributed by atoms with Crippen LogP contribution in [0.4, 0.5) is 0 Å². The molecule has 0 unspecified atom stereocenters. The molecule has 4 amide bonds. The molecule has 36 atom stereocenters. The molecule has 0 spiro atoms. The molecular formula is C53H88N4O37. The van der Waals surface area contributed by atoms with Crippen molar-refractivity contribution in [3.05, 3.63) is 0 Å². The van der Waals surface area contributed by atoms with Crippen LogP contribution in [-0.2, 0) is 85.6 Å². The number of aliphatic carboxylic acids is 1. The summed E-state index contributed by atoms with van der Waals surface area (Å²) in [5.41, 5.74) is 0. The van der Waals surface area contributed by atoms with Gasteiger partial charge in [0.25, 0.3) is 5.79 Å². The van der Waals surface area contributed by atoms with Gasteiger partial charge >= 0.3 is 5.97 Å². The lowest BCUT2D eigenvalue weighted by atomic mass is 9.88. The van der Waals surface area contributed by atoms with Crippen molar-refractivity contribution >= 4 is 29.6 Å². The number of amides is 4. The number of aliphatic hydroxyl groups is 18. The molecule has 41 nitrogen and oxygen atoms in total. The normalized spacial score (nSPS) is 46.7. The summed E-state index contributed by atoms with van der Waals surface area (Å²) in [7, 11) is 0. The molecular weight excluding hydrogens is 1280 g/mol. The van der Waals surface area contributed by atoms with Crippen molar-refractivity contribution in [2.24, 2.45) is 0 Å². The van der Waals surface area contributed by atoms with Crippen LogP contribution in [0.5, 0.6) is 0 Å². The van der Waals surface area contributed by atoms with E-state index in [1.54, 1.807) is 0 Å². The van der Waals surface area contributed by atoms with Crippen LogP contribution in [0, 0.1) is 0 Å². The topological polar surface area (TPSA) is 638 Å². The van der Waals surface area contributed by atoms with Gasteiger partial charge in [-0.3, -0.25) is 19.2 Å². The molecule has 0 aromatic carbocycles. The van der Waals surface area contributed by atoms with Crippen LogP contribution >= 0.6 is 0 Å². The zero-order chi connectivity index (χ0) is 69.9. The second kappa shape index (κ2) is 32.9. The van der Waals surface area contributed by atoms with Crippen LogP contribution in [0.3, 0.4) is 0 Å². The summed E-state index contributed by atoms with van der Waals surface area (Å²) in [6.45, 7) is 0.782. The molecule has 41 heteroatoms. The Labute approximate surface area is 533 Å². The first-order chi connectivity index (χ1) is 44.1. The van der Waals surface area contributed by atoms with Crippen LogP contribution in [0.25, 0.3) is 0 Å². The highest BCUT2D eigenvalue weighted by Gasteiger charge is 2.61. The molecule has 94 heavy (non-hydrogen) atoms. The average molecular weight is 1370 g/mol. The van der Waals surface area contributed by atoms with Gasteiger partial charge < -0.3 is 180 Å². The monoisotopic (exact) mass is 1370 g/mol. The lowest BCUT2D eigenvalue weighted by Crippen LogP contribution is -2.72. The highest BCUT2D eigenvalue weighted by atomic mass is 16.8. The standard InChI is InChI=1S/C53H88N4O37/c1-13-29(68)35(74)37(76)49(83-13)89-40-22(10-60)87-47(26(34(40)73)55-16(4)63)93-45-32(71)21(9-59)86-51(39(45)78)90-41-23(11-61)88-48(28(57-18(6)65)44(41)92-50-38(77)36(75)30(69)14(2)84-50)91-42-27(56-17(5)64)46(79)85-24(33(42)72)12-82-53(52(80)81)7-19(66)25(54-15(3)62)43(94-53)31(70)20(67)8-58/h13-14,19-51,58-61,66-79H,7-12H2,1-6H3,(H,54,62)(H,55,63)(H,56,64)(H,57,65)(H,80,81)/t13-,14-,19-,20+,21+,22+,23+,24+,25+,26+,27+,28+,29+,30+,31+,32-,33-,34+,35+,36+,37-,38-,39+,40+,41+,42+,43+,44+,45-,46-,47-,48-,49-,50-,51-,53+/m0/s1. The average Bonchev–Trinajstić information content (AvgIpc) is 0.769. The van der Waals surface area contributed by atoms with E-state index in [1.807, 2.05) is 0 Å². The van der Waals surface area contributed by atoms with Gasteiger partial charge in [-0.1, -0.05) is 0 Å². The van der Waals surface area contributed by atoms with E-state index in [2.05, 4.69) is 21.3 Å². The summed E-state index contributed by atoms with van der Waals surface area (Å²) in [6.07, 6.45) is -62.2. The Kier molecular flexibility index (Phi) is 27.1. The van der Waals surface area contributed by atoms with E-state index < -0.39 is 289 Å². The molecule has 7 rings (SSSR count). The number of carbonyl (C=O) groups is 5. The maximum absolute atomic E-state index is 13.4. The maximum Gasteiger partial charge on any atom is 0.364 e. The van der Waals surface area contributed by atoms with Gasteiger partial charge in [0.2, 0.25) is 23.6 Å². The number of aliphatic hydroxyl groups excluding tert-OH is 18. The Balaban J connectivity index is 1.22. The largest absolute Gasteiger partial charge is 0.477 e. The molecule has 0 radical (unpaired) electrons. The number of carboxylic acids is 1. The van der Waals surface area contributed by atoms with Crippen molar-refractivity contribution in [1.29, 1.82) is 0 Å². The van der Waals surface area contributed by atoms with Crippen LogP contribution in [0.2, 0.25) is 0 Å². The second-order valence-corrected chi connectivity index (χ2v) is 23.9. The molecule has 542 valence electrons. The maximum atomic E-state index is 13.4. The molecule has 0 saturated carbocycles. The van der Waals surface area contributed by atoms with Gasteiger partial charge in [-0.2, -0.15) is 0 Å². The zero-order valence-electron chi connectivity index (χ0n) is 51.3. The fourth-order valence-electron chi connectivity index (χ4n) is 12.1. The van der Waals surface area contributed by atoms with Gasteiger partial charge in [-0.25, -0.2) is 4.79 Å². The zero-order valence-corrected chi connectivity index (χ0v) is 51.3. The summed E-state index contributed by atoms with van der Waals surface area (Å²) >= 11 is 0. The predicted octanol–water partition coefficient (Wildman–Crippen LogP) is -14.4. The summed E-state index contributed by atoms with van der Waals surface area (Å²) in [5, 5.41) is 218. The predicted molar refractivity (Wildman–Crippen MR) is 293 cm³/mol. The van der Waals surface area contributed by atoms with Crippen molar-refractivity contribution < 1.29 is 183 Å². The molecule has 0 aliphatic carbocycles. The van der Waals surface area contributed by atoms with Gasteiger partial charge in [-0.05, 0) is 13.8 Å². The Bertz CT molecular complexity index is 2510. The first kappa shape index (κ1) is 77.5. The summed E-state index contributed by atoms with van der Waals surface area (Å²) < 4.78 is 76.9. The Morgan fingerprint density at radius 1 is 0.447 bits per heavy atom.